The van der Waals surface area contributed by atoms with Gasteiger partial charge in [0.2, 0.25) is 5.88 Å². The summed E-state index contributed by atoms with van der Waals surface area (Å²) in [6.45, 7) is 8.68. The van der Waals surface area contributed by atoms with Crippen molar-refractivity contribution in [3.63, 3.8) is 0 Å². The molecule has 0 aliphatic rings. The van der Waals surface area contributed by atoms with E-state index in [0.717, 1.165) is 43.9 Å². The van der Waals surface area contributed by atoms with Crippen LogP contribution in [0.4, 0.5) is 0 Å². The second-order valence-corrected chi connectivity index (χ2v) is 5.90. The van der Waals surface area contributed by atoms with Gasteiger partial charge >= 0.3 is 0 Å². The molecule has 0 saturated heterocycles. The van der Waals surface area contributed by atoms with Crippen LogP contribution in [0.3, 0.4) is 0 Å². The SMILES string of the molecule is CCNC(=NCc1cccnc1OC)NCC(CC)(CC)CCO. The monoisotopic (exact) mass is 336 g/mol. The highest BCUT2D eigenvalue weighted by Crippen LogP contribution is 2.29. The predicted molar refractivity (Wildman–Crippen MR) is 98.3 cm³/mol. The maximum atomic E-state index is 9.35. The molecule has 6 nitrogen and oxygen atoms in total. The van der Waals surface area contributed by atoms with Crippen molar-refractivity contribution in [1.29, 1.82) is 0 Å². The average molecular weight is 336 g/mol. The van der Waals surface area contributed by atoms with E-state index in [1.165, 1.54) is 0 Å². The van der Waals surface area contributed by atoms with Crippen molar-refractivity contribution >= 4 is 5.96 Å². The second kappa shape index (κ2) is 10.9. The first-order chi connectivity index (χ1) is 11.6. The van der Waals surface area contributed by atoms with Gasteiger partial charge in [-0.3, -0.25) is 0 Å². The average Bonchev–Trinajstić information content (AvgIpc) is 2.63. The van der Waals surface area contributed by atoms with Crippen LogP contribution in [0.15, 0.2) is 23.3 Å². The third kappa shape index (κ3) is 6.00. The number of pyridine rings is 1. The van der Waals surface area contributed by atoms with E-state index >= 15 is 0 Å². The van der Waals surface area contributed by atoms with E-state index in [1.807, 2.05) is 19.1 Å². The van der Waals surface area contributed by atoms with E-state index in [4.69, 9.17) is 4.74 Å². The van der Waals surface area contributed by atoms with Gasteiger partial charge in [-0.2, -0.15) is 0 Å². The number of ether oxygens (including phenoxy) is 1. The standard InChI is InChI=1S/C18H32N4O2/c1-5-18(6-2,10-12-23)14-22-17(19-7-3)21-13-15-9-8-11-20-16(15)24-4/h8-9,11,23H,5-7,10,12-14H2,1-4H3,(H2,19,21,22). The molecule has 0 aromatic carbocycles. The van der Waals surface area contributed by atoms with Gasteiger partial charge in [-0.25, -0.2) is 9.98 Å². The number of guanidine groups is 1. The molecule has 0 unspecified atom stereocenters. The Morgan fingerprint density at radius 1 is 1.29 bits per heavy atom. The summed E-state index contributed by atoms with van der Waals surface area (Å²) in [4.78, 5) is 8.83. The fraction of sp³-hybridized carbons (Fsp3) is 0.667. The van der Waals surface area contributed by atoms with Gasteiger partial charge < -0.3 is 20.5 Å². The molecule has 136 valence electrons. The number of rotatable bonds is 10. The summed E-state index contributed by atoms with van der Waals surface area (Å²) in [6.07, 6.45) is 4.55. The third-order valence-electron chi connectivity index (χ3n) is 4.57. The lowest BCUT2D eigenvalue weighted by atomic mass is 9.79. The fourth-order valence-corrected chi connectivity index (χ4v) is 2.68. The molecule has 3 N–H and O–H groups in total. The van der Waals surface area contributed by atoms with Crippen molar-refractivity contribution in [1.82, 2.24) is 15.6 Å². The molecule has 0 aliphatic heterocycles. The van der Waals surface area contributed by atoms with Gasteiger partial charge in [0.15, 0.2) is 5.96 Å². The molecule has 0 radical (unpaired) electrons. The van der Waals surface area contributed by atoms with Crippen LogP contribution >= 0.6 is 0 Å². The van der Waals surface area contributed by atoms with Gasteiger partial charge in [-0.15, -0.1) is 0 Å². The Morgan fingerprint density at radius 2 is 2.04 bits per heavy atom. The van der Waals surface area contributed by atoms with Gasteiger partial charge in [0.1, 0.15) is 0 Å². The van der Waals surface area contributed by atoms with Crippen LogP contribution in [0.5, 0.6) is 5.88 Å². The molecule has 0 amide bonds. The molecule has 0 bridgehead atoms. The van der Waals surface area contributed by atoms with E-state index in [2.05, 4.69) is 34.5 Å². The minimum Gasteiger partial charge on any atom is -0.481 e. The van der Waals surface area contributed by atoms with Crippen LogP contribution in [0, 0.1) is 5.41 Å². The zero-order valence-corrected chi connectivity index (χ0v) is 15.4. The summed E-state index contributed by atoms with van der Waals surface area (Å²) in [5.74, 6) is 1.38. The van der Waals surface area contributed by atoms with Crippen molar-refractivity contribution in [3.05, 3.63) is 23.9 Å². The summed E-state index contributed by atoms with van der Waals surface area (Å²) in [7, 11) is 1.62. The van der Waals surface area contributed by atoms with Gasteiger partial charge in [0, 0.05) is 31.5 Å². The van der Waals surface area contributed by atoms with Crippen LogP contribution in [0.1, 0.15) is 45.6 Å². The van der Waals surface area contributed by atoms with Gasteiger partial charge in [0.25, 0.3) is 0 Å². The molecule has 0 fully saturated rings. The molecule has 0 aliphatic carbocycles. The van der Waals surface area contributed by atoms with Gasteiger partial charge in [0.05, 0.1) is 13.7 Å². The molecule has 0 spiro atoms. The Balaban J connectivity index is 2.78. The van der Waals surface area contributed by atoms with Crippen LogP contribution in [0.25, 0.3) is 0 Å². The first-order valence-electron chi connectivity index (χ1n) is 8.75. The molecule has 1 aromatic heterocycles. The third-order valence-corrected chi connectivity index (χ3v) is 4.57. The second-order valence-electron chi connectivity index (χ2n) is 5.90. The van der Waals surface area contributed by atoms with Crippen molar-refractivity contribution < 1.29 is 9.84 Å². The maximum absolute atomic E-state index is 9.35. The number of hydrogen-bond acceptors (Lipinski definition) is 4. The number of aliphatic hydroxyl groups is 1. The van der Waals surface area contributed by atoms with Crippen molar-refractivity contribution in [3.8, 4) is 5.88 Å². The van der Waals surface area contributed by atoms with E-state index in [9.17, 15) is 5.11 Å². The first kappa shape index (κ1) is 20.2. The normalized spacial score (nSPS) is 12.1. The number of nitrogens with one attached hydrogen (secondary N) is 2. The smallest absolute Gasteiger partial charge is 0.218 e. The topological polar surface area (TPSA) is 78.8 Å². The first-order valence-corrected chi connectivity index (χ1v) is 8.75. The predicted octanol–water partition coefficient (Wildman–Crippen LogP) is 2.33. The van der Waals surface area contributed by atoms with E-state index in [1.54, 1.807) is 13.3 Å². The number of nitrogens with zero attached hydrogens (tertiary/aromatic N) is 2. The molecule has 1 heterocycles. The largest absolute Gasteiger partial charge is 0.481 e. The Hall–Kier alpha value is -1.82. The van der Waals surface area contributed by atoms with E-state index in [-0.39, 0.29) is 12.0 Å². The molecule has 1 rings (SSSR count). The summed E-state index contributed by atoms with van der Waals surface area (Å²) in [5, 5.41) is 16.0. The zero-order chi connectivity index (χ0) is 17.8. The highest BCUT2D eigenvalue weighted by Gasteiger charge is 2.25. The highest BCUT2D eigenvalue weighted by atomic mass is 16.5. The molecule has 1 aromatic rings. The fourth-order valence-electron chi connectivity index (χ4n) is 2.68. The quantitative estimate of drug-likeness (QED) is 0.451. The lowest BCUT2D eigenvalue weighted by Gasteiger charge is -2.32. The van der Waals surface area contributed by atoms with Gasteiger partial charge in [-0.1, -0.05) is 19.9 Å². The molecule has 6 heteroatoms. The maximum Gasteiger partial charge on any atom is 0.218 e. The van der Waals surface area contributed by atoms with Crippen LogP contribution in [-0.2, 0) is 6.54 Å². The summed E-state index contributed by atoms with van der Waals surface area (Å²) < 4.78 is 5.27. The molecule has 0 atom stereocenters. The number of aliphatic hydroxyl groups excluding tert-OH is 1. The van der Waals surface area contributed by atoms with Crippen molar-refractivity contribution in [2.24, 2.45) is 10.4 Å². The van der Waals surface area contributed by atoms with Crippen LogP contribution < -0.4 is 15.4 Å². The summed E-state index contributed by atoms with van der Waals surface area (Å²) in [6, 6.07) is 3.85. The zero-order valence-electron chi connectivity index (χ0n) is 15.4. The molecule has 0 saturated carbocycles. The summed E-state index contributed by atoms with van der Waals surface area (Å²) >= 11 is 0. The minimum absolute atomic E-state index is 0.0942. The Morgan fingerprint density at radius 3 is 2.62 bits per heavy atom. The van der Waals surface area contributed by atoms with E-state index < -0.39 is 0 Å². The van der Waals surface area contributed by atoms with Crippen LogP contribution in [-0.4, -0.2) is 42.9 Å². The summed E-state index contributed by atoms with van der Waals surface area (Å²) in [5.41, 5.74) is 1.04. The van der Waals surface area contributed by atoms with Crippen molar-refractivity contribution in [2.75, 3.05) is 26.8 Å². The molecular formula is C18H32N4O2. The Labute approximate surface area is 145 Å². The van der Waals surface area contributed by atoms with Crippen LogP contribution in [0.2, 0.25) is 0 Å². The lowest BCUT2D eigenvalue weighted by molar-refractivity contribution is 0.169. The lowest BCUT2D eigenvalue weighted by Crippen LogP contribution is -2.43. The highest BCUT2D eigenvalue weighted by molar-refractivity contribution is 5.79. The van der Waals surface area contributed by atoms with E-state index in [0.29, 0.717) is 12.4 Å². The number of aliphatic imine (C=N–C) groups is 1. The number of aromatic nitrogens is 1. The Bertz CT molecular complexity index is 502. The number of hydrogen-bond donors (Lipinski definition) is 3. The van der Waals surface area contributed by atoms with Crippen molar-refractivity contribution in [2.45, 2.75) is 46.6 Å². The number of methoxy groups -OCH3 is 1. The Kier molecular flexibility index (Phi) is 9.15. The van der Waals surface area contributed by atoms with Gasteiger partial charge in [-0.05, 0) is 37.7 Å². The molecular weight excluding hydrogens is 304 g/mol. The minimum atomic E-state index is 0.0942. The molecule has 24 heavy (non-hydrogen) atoms.